The molecule has 1 aliphatic rings. The molecular weight excluding hydrogens is 355 g/mol. The van der Waals surface area contributed by atoms with Crippen LogP contribution in [0.5, 0.6) is 0 Å². The third kappa shape index (κ3) is 3.30. The molecule has 0 aliphatic heterocycles. The van der Waals surface area contributed by atoms with Gasteiger partial charge in [0.15, 0.2) is 0 Å². The largest absolute Gasteiger partial charge is 0.0622 e. The van der Waals surface area contributed by atoms with Gasteiger partial charge in [0.2, 0.25) is 0 Å². The first-order valence-electron chi connectivity index (χ1n) is 9.93. The van der Waals surface area contributed by atoms with Crippen LogP contribution in [0.25, 0.3) is 0 Å². The summed E-state index contributed by atoms with van der Waals surface area (Å²) < 4.78 is 0. The van der Waals surface area contributed by atoms with Gasteiger partial charge < -0.3 is 0 Å². The van der Waals surface area contributed by atoms with Gasteiger partial charge in [-0.15, -0.1) is 0 Å². The van der Waals surface area contributed by atoms with Gasteiger partial charge in [-0.2, -0.15) is 0 Å². The lowest BCUT2D eigenvalue weighted by Crippen LogP contribution is -2.15. The second kappa shape index (κ2) is 7.74. The first-order chi connectivity index (χ1) is 13.9. The fraction of sp³-hybridized carbons (Fsp3) is 0.111. The highest BCUT2D eigenvalue weighted by Crippen LogP contribution is 2.68. The van der Waals surface area contributed by atoms with Gasteiger partial charge in [0, 0.05) is 5.66 Å². The van der Waals surface area contributed by atoms with Gasteiger partial charge in [-0.3, -0.25) is 0 Å². The Balaban J connectivity index is 1.62. The van der Waals surface area contributed by atoms with Crippen molar-refractivity contribution in [3.8, 4) is 0 Å². The van der Waals surface area contributed by atoms with Crippen LogP contribution < -0.4 is 10.6 Å². The summed E-state index contributed by atoms with van der Waals surface area (Å²) in [6.07, 6.45) is 0. The van der Waals surface area contributed by atoms with Crippen molar-refractivity contribution in [2.24, 2.45) is 0 Å². The molecule has 1 fully saturated rings. The van der Waals surface area contributed by atoms with Crippen LogP contribution in [-0.4, -0.2) is 5.66 Å². The van der Waals surface area contributed by atoms with E-state index in [2.05, 4.69) is 121 Å². The zero-order valence-corrected chi connectivity index (χ0v) is 16.6. The summed E-state index contributed by atoms with van der Waals surface area (Å²) in [5.74, 6) is 1.16. The molecule has 2 unspecified atom stereocenters. The molecule has 4 aromatic rings. The number of benzene rings is 4. The molecule has 0 spiro atoms. The van der Waals surface area contributed by atoms with E-state index in [0.717, 1.165) is 0 Å². The molecule has 0 saturated heterocycles. The predicted octanol–water partition coefficient (Wildman–Crippen LogP) is 6.07. The minimum Gasteiger partial charge on any atom is -0.0622 e. The molecule has 4 aromatic carbocycles. The van der Waals surface area contributed by atoms with E-state index in [-0.39, 0.29) is 0 Å². The molecule has 0 amide bonds. The van der Waals surface area contributed by atoms with Crippen molar-refractivity contribution >= 4 is 18.5 Å². The maximum absolute atomic E-state index is 2.32. The maximum atomic E-state index is 2.32. The smallest absolute Gasteiger partial charge is 0.00211 e. The van der Waals surface area contributed by atoms with E-state index < -0.39 is 7.92 Å². The second-order valence-corrected chi connectivity index (χ2v) is 9.77. The highest BCUT2D eigenvalue weighted by atomic mass is 31.1. The predicted molar refractivity (Wildman–Crippen MR) is 121 cm³/mol. The van der Waals surface area contributed by atoms with Crippen LogP contribution in [0, 0.1) is 0 Å². The van der Waals surface area contributed by atoms with E-state index in [1.807, 2.05) is 0 Å². The Labute approximate surface area is 168 Å². The summed E-state index contributed by atoms with van der Waals surface area (Å²) in [5.41, 5.74) is 3.58. The molecule has 1 heteroatoms. The second-order valence-electron chi connectivity index (χ2n) is 7.40. The number of hydrogen-bond acceptors (Lipinski definition) is 0. The van der Waals surface area contributed by atoms with Crippen molar-refractivity contribution < 1.29 is 0 Å². The first-order valence-corrected chi connectivity index (χ1v) is 11.3. The highest BCUT2D eigenvalue weighted by Gasteiger charge is 2.55. The van der Waals surface area contributed by atoms with Gasteiger partial charge in [-0.05, 0) is 41.5 Å². The van der Waals surface area contributed by atoms with Crippen molar-refractivity contribution in [1.29, 1.82) is 0 Å². The fourth-order valence-electron chi connectivity index (χ4n) is 4.45. The molecule has 0 aromatic heterocycles. The summed E-state index contributed by atoms with van der Waals surface area (Å²) in [5, 5.41) is 2.96. The Morgan fingerprint density at radius 3 is 1.07 bits per heavy atom. The fourth-order valence-corrected chi connectivity index (χ4v) is 7.68. The molecule has 1 aliphatic carbocycles. The van der Waals surface area contributed by atoms with Crippen LogP contribution in [0.4, 0.5) is 0 Å². The minimum atomic E-state index is -0.425. The van der Waals surface area contributed by atoms with Crippen LogP contribution >= 0.6 is 7.92 Å². The van der Waals surface area contributed by atoms with E-state index in [1.54, 1.807) is 0 Å². The van der Waals surface area contributed by atoms with Crippen molar-refractivity contribution in [2.75, 3.05) is 0 Å². The monoisotopic (exact) mass is 378 g/mol. The number of hydrogen-bond donors (Lipinski definition) is 0. The molecule has 0 heterocycles. The summed E-state index contributed by atoms with van der Waals surface area (Å²) >= 11 is 0. The van der Waals surface area contributed by atoms with Crippen molar-refractivity contribution in [1.82, 2.24) is 0 Å². The lowest BCUT2D eigenvalue weighted by molar-refractivity contribution is 1.03. The molecule has 0 bridgehead atoms. The third-order valence-electron chi connectivity index (χ3n) is 5.72. The molecule has 136 valence electrons. The topological polar surface area (TPSA) is 0 Å². The van der Waals surface area contributed by atoms with Gasteiger partial charge >= 0.3 is 0 Å². The van der Waals surface area contributed by atoms with E-state index in [4.69, 9.17) is 0 Å². The van der Waals surface area contributed by atoms with E-state index in [1.165, 1.54) is 21.7 Å². The van der Waals surface area contributed by atoms with Crippen LogP contribution in [0.2, 0.25) is 0 Å². The van der Waals surface area contributed by atoms with Crippen LogP contribution in [-0.2, 0) is 0 Å². The molecule has 28 heavy (non-hydrogen) atoms. The van der Waals surface area contributed by atoms with Gasteiger partial charge in [0.05, 0.1) is 0 Å². The highest BCUT2D eigenvalue weighted by molar-refractivity contribution is 7.74. The van der Waals surface area contributed by atoms with Crippen molar-refractivity contribution in [3.05, 3.63) is 132 Å². The van der Waals surface area contributed by atoms with Gasteiger partial charge in [-0.1, -0.05) is 121 Å². The normalized spacial score (nSPS) is 20.8. The molecule has 5 rings (SSSR count). The number of rotatable bonds is 5. The molecular formula is C27H23P. The molecule has 0 N–H and O–H groups in total. The van der Waals surface area contributed by atoms with E-state index in [9.17, 15) is 0 Å². The summed E-state index contributed by atoms with van der Waals surface area (Å²) in [6, 6.07) is 44.5. The quantitative estimate of drug-likeness (QED) is 0.370. The maximum Gasteiger partial charge on any atom is 0.00211 e. The van der Waals surface area contributed by atoms with E-state index in [0.29, 0.717) is 17.5 Å². The minimum absolute atomic E-state index is 0.425. The Hall–Kier alpha value is -2.69. The van der Waals surface area contributed by atoms with Gasteiger partial charge in [-0.25, -0.2) is 0 Å². The average molecular weight is 378 g/mol. The van der Waals surface area contributed by atoms with Crippen LogP contribution in [0.1, 0.15) is 23.0 Å². The van der Waals surface area contributed by atoms with Crippen molar-refractivity contribution in [3.63, 3.8) is 0 Å². The van der Waals surface area contributed by atoms with Crippen LogP contribution in [0.3, 0.4) is 0 Å². The molecule has 1 saturated carbocycles. The molecule has 0 radical (unpaired) electrons. The zero-order chi connectivity index (χ0) is 18.8. The lowest BCUT2D eigenvalue weighted by Gasteiger charge is -2.20. The summed E-state index contributed by atoms with van der Waals surface area (Å²) in [6.45, 7) is 0. The zero-order valence-electron chi connectivity index (χ0n) is 15.7. The van der Waals surface area contributed by atoms with Crippen LogP contribution in [0.15, 0.2) is 121 Å². The van der Waals surface area contributed by atoms with Gasteiger partial charge in [0.25, 0.3) is 0 Å². The Morgan fingerprint density at radius 1 is 0.393 bits per heavy atom. The standard InChI is InChI=1S/C27H23P/c1-5-13-21(14-6-1)25-26(22-15-7-2-8-16-22)27(25)28(23-17-9-3-10-18-23)24-19-11-4-12-20-24/h1-20,25-27H. The first kappa shape index (κ1) is 17.4. The summed E-state index contributed by atoms with van der Waals surface area (Å²) in [4.78, 5) is 0. The molecule has 2 atom stereocenters. The third-order valence-corrected chi connectivity index (χ3v) is 8.67. The van der Waals surface area contributed by atoms with Crippen molar-refractivity contribution in [2.45, 2.75) is 17.5 Å². The van der Waals surface area contributed by atoms with Gasteiger partial charge in [0.1, 0.15) is 0 Å². The Bertz CT molecular complexity index is 928. The Morgan fingerprint density at radius 2 is 0.714 bits per heavy atom. The average Bonchev–Trinajstić information content (AvgIpc) is 3.52. The lowest BCUT2D eigenvalue weighted by atomic mass is 10.0. The van der Waals surface area contributed by atoms with E-state index >= 15 is 0 Å². The SMILES string of the molecule is c1ccc(C2C(c3ccccc3)C2P(c2ccccc2)c2ccccc2)cc1. The summed E-state index contributed by atoms with van der Waals surface area (Å²) in [7, 11) is -0.425. The Kier molecular flexibility index (Phi) is 4.81. The molecule has 0 nitrogen and oxygen atoms in total.